The molecule has 1 N–H and O–H groups in total. The number of carboxylic acid groups (broad SMARTS) is 1. The van der Waals surface area contributed by atoms with Gasteiger partial charge in [0.1, 0.15) is 12.4 Å². The van der Waals surface area contributed by atoms with E-state index < -0.39 is 42.7 Å². The van der Waals surface area contributed by atoms with Gasteiger partial charge in [-0.3, -0.25) is 0 Å². The standard InChI is InChI=1S/C24H17F6NO4/c25-23(26,27)19-8-16(9-20(11-19)24(28,29)30)13-34-21-3-1-2-18(10-21)17-6-4-15(5-7-17)12-31-35-14-22(32)33/h1-12H,13-14H2,(H,32,33). The van der Waals surface area contributed by atoms with Crippen LogP contribution in [0.3, 0.4) is 0 Å². The Morgan fingerprint density at radius 1 is 0.857 bits per heavy atom. The highest BCUT2D eigenvalue weighted by Crippen LogP contribution is 2.36. The highest BCUT2D eigenvalue weighted by Gasteiger charge is 2.36. The summed E-state index contributed by atoms with van der Waals surface area (Å²) in [5.74, 6) is -0.908. The van der Waals surface area contributed by atoms with Gasteiger partial charge >= 0.3 is 18.3 Å². The summed E-state index contributed by atoms with van der Waals surface area (Å²) in [6, 6.07) is 14.7. The first-order chi connectivity index (χ1) is 16.4. The fourth-order valence-corrected chi connectivity index (χ4v) is 2.99. The lowest BCUT2D eigenvalue weighted by atomic mass is 10.0. The van der Waals surface area contributed by atoms with Crippen molar-refractivity contribution in [2.45, 2.75) is 19.0 Å². The topological polar surface area (TPSA) is 68.1 Å². The van der Waals surface area contributed by atoms with E-state index in [1.165, 1.54) is 12.3 Å². The third-order valence-electron chi connectivity index (χ3n) is 4.60. The molecule has 3 aromatic rings. The van der Waals surface area contributed by atoms with Gasteiger partial charge in [0.25, 0.3) is 0 Å². The molecule has 0 amide bonds. The summed E-state index contributed by atoms with van der Waals surface area (Å²) >= 11 is 0. The normalized spacial score (nSPS) is 12.1. The number of halogens is 6. The average molecular weight is 497 g/mol. The Labute approximate surface area is 195 Å². The molecule has 0 aliphatic rings. The van der Waals surface area contributed by atoms with Gasteiger partial charge in [-0.1, -0.05) is 41.6 Å². The molecule has 0 unspecified atom stereocenters. The van der Waals surface area contributed by atoms with Crippen molar-refractivity contribution in [3.05, 3.63) is 89.0 Å². The lowest BCUT2D eigenvalue weighted by Crippen LogP contribution is -2.12. The van der Waals surface area contributed by atoms with E-state index in [4.69, 9.17) is 9.84 Å². The van der Waals surface area contributed by atoms with Crippen LogP contribution in [0.25, 0.3) is 11.1 Å². The smallest absolute Gasteiger partial charge is 0.416 e. The zero-order chi connectivity index (χ0) is 25.6. The van der Waals surface area contributed by atoms with E-state index in [1.54, 1.807) is 42.5 Å². The van der Waals surface area contributed by atoms with Crippen LogP contribution in [0.4, 0.5) is 26.3 Å². The van der Waals surface area contributed by atoms with Crippen LogP contribution >= 0.6 is 0 Å². The van der Waals surface area contributed by atoms with Crippen LogP contribution in [0.1, 0.15) is 22.3 Å². The van der Waals surface area contributed by atoms with Crippen LogP contribution < -0.4 is 4.74 Å². The van der Waals surface area contributed by atoms with Crippen molar-refractivity contribution in [1.82, 2.24) is 0 Å². The quantitative estimate of drug-likeness (QED) is 0.222. The largest absolute Gasteiger partial charge is 0.489 e. The molecule has 0 aromatic heterocycles. The van der Waals surface area contributed by atoms with Crippen LogP contribution in [-0.2, 0) is 28.6 Å². The van der Waals surface area contributed by atoms with E-state index in [1.807, 2.05) is 0 Å². The van der Waals surface area contributed by atoms with Gasteiger partial charge in [0.15, 0.2) is 0 Å². The Balaban J connectivity index is 1.73. The van der Waals surface area contributed by atoms with E-state index in [-0.39, 0.29) is 17.4 Å². The first kappa shape index (κ1) is 25.6. The van der Waals surface area contributed by atoms with E-state index in [0.29, 0.717) is 23.3 Å². The Morgan fingerprint density at radius 3 is 2.06 bits per heavy atom. The lowest BCUT2D eigenvalue weighted by Gasteiger charge is -2.15. The maximum atomic E-state index is 13.0. The number of alkyl halides is 6. The maximum absolute atomic E-state index is 13.0. The zero-order valence-electron chi connectivity index (χ0n) is 17.7. The molecule has 0 atom stereocenters. The molecule has 35 heavy (non-hydrogen) atoms. The molecule has 0 bridgehead atoms. The molecule has 0 saturated heterocycles. The summed E-state index contributed by atoms with van der Waals surface area (Å²) in [6.07, 6.45) is -8.54. The number of oxime groups is 1. The van der Waals surface area contributed by atoms with Gasteiger partial charge in [-0.15, -0.1) is 0 Å². The van der Waals surface area contributed by atoms with E-state index in [0.717, 1.165) is 5.56 Å². The van der Waals surface area contributed by atoms with E-state index in [2.05, 4.69) is 9.99 Å². The van der Waals surface area contributed by atoms with Gasteiger partial charge in [0, 0.05) is 0 Å². The predicted octanol–water partition coefficient (Wildman–Crippen LogP) is 6.41. The second-order valence-corrected chi connectivity index (χ2v) is 7.25. The molecule has 0 saturated carbocycles. The molecule has 184 valence electrons. The molecule has 5 nitrogen and oxygen atoms in total. The number of ether oxygens (including phenoxy) is 1. The molecule has 0 aliphatic heterocycles. The molecular weight excluding hydrogens is 480 g/mol. The summed E-state index contributed by atoms with van der Waals surface area (Å²) in [5, 5.41) is 12.0. The van der Waals surface area contributed by atoms with Crippen molar-refractivity contribution in [2.24, 2.45) is 5.16 Å². The molecule has 0 heterocycles. The number of carbonyl (C=O) groups is 1. The van der Waals surface area contributed by atoms with Gasteiger partial charge in [-0.25, -0.2) is 4.79 Å². The summed E-state index contributed by atoms with van der Waals surface area (Å²) in [7, 11) is 0. The van der Waals surface area contributed by atoms with Crippen LogP contribution in [0.15, 0.2) is 71.9 Å². The highest BCUT2D eigenvalue weighted by atomic mass is 19.4. The SMILES string of the molecule is O=C(O)CON=Cc1ccc(-c2cccc(OCc3cc(C(F)(F)F)cc(C(F)(F)F)c3)c2)cc1. The maximum Gasteiger partial charge on any atom is 0.416 e. The minimum Gasteiger partial charge on any atom is -0.489 e. The number of rotatable bonds is 8. The lowest BCUT2D eigenvalue weighted by molar-refractivity contribution is -0.144. The number of benzene rings is 3. The number of hydrogen-bond donors (Lipinski definition) is 1. The summed E-state index contributed by atoms with van der Waals surface area (Å²) in [5.41, 5.74) is -1.01. The first-order valence-corrected chi connectivity index (χ1v) is 9.90. The summed E-state index contributed by atoms with van der Waals surface area (Å²) in [4.78, 5) is 15.0. The average Bonchev–Trinajstić information content (AvgIpc) is 2.80. The number of nitrogens with zero attached hydrogens (tertiary/aromatic N) is 1. The molecule has 0 fully saturated rings. The van der Waals surface area contributed by atoms with Crippen molar-refractivity contribution in [3.63, 3.8) is 0 Å². The molecule has 0 radical (unpaired) electrons. The van der Waals surface area contributed by atoms with Crippen LogP contribution in [0, 0.1) is 0 Å². The van der Waals surface area contributed by atoms with Crippen LogP contribution in [0.2, 0.25) is 0 Å². The molecule has 3 rings (SSSR count). The minimum atomic E-state index is -4.94. The van der Waals surface area contributed by atoms with Gasteiger partial charge in [0.2, 0.25) is 6.61 Å². The predicted molar refractivity (Wildman–Crippen MR) is 114 cm³/mol. The van der Waals surface area contributed by atoms with E-state index in [9.17, 15) is 31.1 Å². The fraction of sp³-hybridized carbons (Fsp3) is 0.167. The summed E-state index contributed by atoms with van der Waals surface area (Å²) in [6.45, 7) is -1.07. The number of carboxylic acids is 1. The Hall–Kier alpha value is -4.02. The van der Waals surface area contributed by atoms with Crippen LogP contribution in [0.5, 0.6) is 5.75 Å². The van der Waals surface area contributed by atoms with Crippen molar-refractivity contribution in [2.75, 3.05) is 6.61 Å². The highest BCUT2D eigenvalue weighted by molar-refractivity contribution is 5.80. The van der Waals surface area contributed by atoms with Gasteiger partial charge in [0.05, 0.1) is 17.3 Å². The van der Waals surface area contributed by atoms with Crippen molar-refractivity contribution >= 4 is 12.2 Å². The molecule has 11 heteroatoms. The van der Waals surface area contributed by atoms with Crippen molar-refractivity contribution in [3.8, 4) is 16.9 Å². The molecule has 3 aromatic carbocycles. The van der Waals surface area contributed by atoms with E-state index >= 15 is 0 Å². The molecule has 0 aliphatic carbocycles. The Morgan fingerprint density at radius 2 is 1.49 bits per heavy atom. The summed E-state index contributed by atoms with van der Waals surface area (Å²) < 4.78 is 83.7. The second kappa shape index (κ2) is 10.5. The number of aliphatic carboxylic acids is 1. The van der Waals surface area contributed by atoms with Crippen LogP contribution in [-0.4, -0.2) is 23.9 Å². The van der Waals surface area contributed by atoms with Gasteiger partial charge < -0.3 is 14.7 Å². The third-order valence-corrected chi connectivity index (χ3v) is 4.60. The zero-order valence-corrected chi connectivity index (χ0v) is 17.7. The fourth-order valence-electron chi connectivity index (χ4n) is 2.99. The van der Waals surface area contributed by atoms with Crippen molar-refractivity contribution in [1.29, 1.82) is 0 Å². The van der Waals surface area contributed by atoms with Gasteiger partial charge in [-0.05, 0) is 52.6 Å². The van der Waals surface area contributed by atoms with Gasteiger partial charge in [-0.2, -0.15) is 26.3 Å². The Kier molecular flexibility index (Phi) is 7.68. The first-order valence-electron chi connectivity index (χ1n) is 9.90. The number of hydrogen-bond acceptors (Lipinski definition) is 4. The Bertz CT molecular complexity index is 1170. The monoisotopic (exact) mass is 497 g/mol. The molecular formula is C24H17F6NO4. The third kappa shape index (κ3) is 7.49. The minimum absolute atomic E-state index is 0.0662. The van der Waals surface area contributed by atoms with Crippen molar-refractivity contribution < 1.29 is 45.8 Å². The second-order valence-electron chi connectivity index (χ2n) is 7.25. The molecule has 0 spiro atoms.